The Balaban J connectivity index is 1.57. The van der Waals surface area contributed by atoms with Crippen LogP contribution in [0.5, 0.6) is 11.5 Å². The minimum atomic E-state index is -0.622. The van der Waals surface area contributed by atoms with Crippen LogP contribution in [-0.4, -0.2) is 43.1 Å². The normalized spacial score (nSPS) is 13.5. The fraction of sp³-hybridized carbons (Fsp3) is 0.391. The van der Waals surface area contributed by atoms with Crippen LogP contribution < -0.4 is 20.1 Å². The number of benzene rings is 2. The van der Waals surface area contributed by atoms with Crippen LogP contribution in [0.4, 0.5) is 4.79 Å². The molecule has 0 saturated carbocycles. The Morgan fingerprint density at radius 1 is 1.00 bits per heavy atom. The van der Waals surface area contributed by atoms with Crippen molar-refractivity contribution in [3.63, 3.8) is 0 Å². The van der Waals surface area contributed by atoms with Crippen molar-refractivity contribution in [2.24, 2.45) is 5.92 Å². The first-order chi connectivity index (χ1) is 14.4. The van der Waals surface area contributed by atoms with Crippen LogP contribution in [0.15, 0.2) is 48.5 Å². The smallest absolute Gasteiger partial charge is 0.315 e. The lowest BCUT2D eigenvalue weighted by Gasteiger charge is -2.27. The Kier molecular flexibility index (Phi) is 7.17. The summed E-state index contributed by atoms with van der Waals surface area (Å²) in [5.41, 5.74) is 1.93. The van der Waals surface area contributed by atoms with Gasteiger partial charge in [0.15, 0.2) is 11.5 Å². The van der Waals surface area contributed by atoms with E-state index in [1.165, 1.54) is 0 Å². The van der Waals surface area contributed by atoms with Gasteiger partial charge in [0.05, 0.1) is 0 Å². The number of carbonyl (C=O) groups excluding carboxylic acids is 2. The second kappa shape index (κ2) is 10.0. The van der Waals surface area contributed by atoms with Gasteiger partial charge in [-0.05, 0) is 29.2 Å². The van der Waals surface area contributed by atoms with E-state index in [4.69, 9.17) is 9.47 Å². The minimum absolute atomic E-state index is 0.0531. The molecule has 30 heavy (non-hydrogen) atoms. The number of nitrogens with one attached hydrogen (secondary N) is 2. The molecule has 0 aromatic heterocycles. The number of hydrogen-bond acceptors (Lipinski definition) is 4. The fourth-order valence-electron chi connectivity index (χ4n) is 3.26. The molecule has 7 nitrogen and oxygen atoms in total. The minimum Gasteiger partial charge on any atom is -0.486 e. The second-order valence-corrected chi connectivity index (χ2v) is 7.71. The summed E-state index contributed by atoms with van der Waals surface area (Å²) >= 11 is 0. The summed E-state index contributed by atoms with van der Waals surface area (Å²) in [6.45, 7) is 5.70. The first kappa shape index (κ1) is 21.5. The molecule has 3 rings (SSSR count). The van der Waals surface area contributed by atoms with Gasteiger partial charge in [0.2, 0.25) is 5.91 Å². The van der Waals surface area contributed by atoms with Gasteiger partial charge in [0.1, 0.15) is 19.3 Å². The van der Waals surface area contributed by atoms with E-state index in [-0.39, 0.29) is 17.9 Å². The molecule has 0 aliphatic carbocycles. The van der Waals surface area contributed by atoms with Crippen molar-refractivity contribution in [2.75, 3.05) is 20.3 Å². The Morgan fingerprint density at radius 2 is 1.70 bits per heavy atom. The van der Waals surface area contributed by atoms with Crippen molar-refractivity contribution >= 4 is 11.9 Å². The number of carbonyl (C=O) groups is 2. The van der Waals surface area contributed by atoms with Crippen molar-refractivity contribution in [3.05, 3.63) is 59.7 Å². The molecule has 3 amide bonds. The number of nitrogens with zero attached hydrogens (tertiary/aromatic N) is 1. The maximum Gasteiger partial charge on any atom is 0.315 e. The van der Waals surface area contributed by atoms with Crippen LogP contribution >= 0.6 is 0 Å². The van der Waals surface area contributed by atoms with Crippen LogP contribution in [0.3, 0.4) is 0 Å². The second-order valence-electron chi connectivity index (χ2n) is 7.71. The average Bonchev–Trinajstić information content (AvgIpc) is 2.76. The Bertz CT molecular complexity index is 870. The number of likely N-dealkylation sites (N-methyl/N-ethyl adjacent to an activating group) is 1. The van der Waals surface area contributed by atoms with Crippen LogP contribution in [-0.2, 0) is 17.9 Å². The molecular formula is C23H29N3O4. The molecule has 160 valence electrons. The van der Waals surface area contributed by atoms with Crippen molar-refractivity contribution in [1.82, 2.24) is 15.5 Å². The molecule has 0 saturated heterocycles. The number of hydrogen-bond donors (Lipinski definition) is 2. The molecule has 0 bridgehead atoms. The summed E-state index contributed by atoms with van der Waals surface area (Å²) in [6, 6.07) is 14.3. The molecule has 0 fully saturated rings. The number of amides is 3. The molecular weight excluding hydrogens is 382 g/mol. The zero-order valence-electron chi connectivity index (χ0n) is 17.7. The van der Waals surface area contributed by atoms with Gasteiger partial charge in [-0.25, -0.2) is 4.79 Å². The molecule has 2 N–H and O–H groups in total. The summed E-state index contributed by atoms with van der Waals surface area (Å²) < 4.78 is 11.2. The first-order valence-corrected chi connectivity index (χ1v) is 10.2. The lowest BCUT2D eigenvalue weighted by Crippen LogP contribution is -2.52. The summed E-state index contributed by atoms with van der Waals surface area (Å²) in [5.74, 6) is 1.21. The van der Waals surface area contributed by atoms with Gasteiger partial charge in [-0.3, -0.25) is 4.79 Å². The van der Waals surface area contributed by atoms with Crippen LogP contribution in [0.2, 0.25) is 0 Å². The topological polar surface area (TPSA) is 79.9 Å². The number of rotatable bonds is 7. The largest absolute Gasteiger partial charge is 0.486 e. The zero-order chi connectivity index (χ0) is 21.5. The van der Waals surface area contributed by atoms with Gasteiger partial charge in [-0.2, -0.15) is 0 Å². The Hall–Kier alpha value is -3.22. The Labute approximate surface area is 177 Å². The van der Waals surface area contributed by atoms with Crippen molar-refractivity contribution in [3.8, 4) is 11.5 Å². The summed E-state index contributed by atoms with van der Waals surface area (Å²) in [7, 11) is 1.73. The highest BCUT2D eigenvalue weighted by atomic mass is 16.6. The highest BCUT2D eigenvalue weighted by Gasteiger charge is 2.27. The van der Waals surface area contributed by atoms with Crippen LogP contribution in [0, 0.1) is 5.92 Å². The van der Waals surface area contributed by atoms with Crippen molar-refractivity contribution in [2.45, 2.75) is 33.0 Å². The standard InChI is InChI=1S/C23H29N3O4/c1-16(2)21(25-23(28)24-14-17-7-5-4-6-8-17)22(27)26(3)15-18-9-10-19-20(13-18)30-12-11-29-19/h4-10,13,16,21H,11-12,14-15H2,1-3H3,(H2,24,25,28). The van der Waals surface area contributed by atoms with E-state index in [1.54, 1.807) is 11.9 Å². The third-order valence-corrected chi connectivity index (χ3v) is 4.92. The molecule has 1 aliphatic heterocycles. The fourth-order valence-corrected chi connectivity index (χ4v) is 3.26. The monoisotopic (exact) mass is 411 g/mol. The third kappa shape index (κ3) is 5.65. The van der Waals surface area contributed by atoms with Gasteiger partial charge >= 0.3 is 6.03 Å². The number of ether oxygens (including phenoxy) is 2. The molecule has 2 aromatic carbocycles. The molecule has 1 unspecified atom stereocenters. The number of fused-ring (bicyclic) bond motifs is 1. The van der Waals surface area contributed by atoms with Crippen LogP contribution in [0.25, 0.3) is 0 Å². The van der Waals surface area contributed by atoms with E-state index in [2.05, 4.69) is 10.6 Å². The molecule has 7 heteroatoms. The highest BCUT2D eigenvalue weighted by Crippen LogP contribution is 2.31. The van der Waals surface area contributed by atoms with Crippen molar-refractivity contribution in [1.29, 1.82) is 0 Å². The van der Waals surface area contributed by atoms with E-state index in [0.717, 1.165) is 16.9 Å². The zero-order valence-corrected chi connectivity index (χ0v) is 17.7. The maximum atomic E-state index is 13.0. The molecule has 1 aliphatic rings. The average molecular weight is 412 g/mol. The van der Waals surface area contributed by atoms with Gasteiger partial charge in [0, 0.05) is 20.1 Å². The predicted molar refractivity (Wildman–Crippen MR) is 114 cm³/mol. The maximum absolute atomic E-state index is 13.0. The Morgan fingerprint density at radius 3 is 2.40 bits per heavy atom. The summed E-state index contributed by atoms with van der Waals surface area (Å²) in [5, 5.41) is 5.63. The number of urea groups is 1. The van der Waals surface area contributed by atoms with E-state index < -0.39 is 6.04 Å². The lowest BCUT2D eigenvalue weighted by atomic mass is 10.0. The highest BCUT2D eigenvalue weighted by molar-refractivity contribution is 5.87. The third-order valence-electron chi connectivity index (χ3n) is 4.92. The summed E-state index contributed by atoms with van der Waals surface area (Å²) in [4.78, 5) is 27.0. The van der Waals surface area contributed by atoms with E-state index in [0.29, 0.717) is 32.1 Å². The van der Waals surface area contributed by atoms with E-state index >= 15 is 0 Å². The molecule has 0 radical (unpaired) electrons. The van der Waals surface area contributed by atoms with E-state index in [9.17, 15) is 9.59 Å². The molecule has 0 spiro atoms. The molecule has 1 heterocycles. The summed E-state index contributed by atoms with van der Waals surface area (Å²) in [6.07, 6.45) is 0. The quantitative estimate of drug-likeness (QED) is 0.734. The lowest BCUT2D eigenvalue weighted by molar-refractivity contribution is -0.133. The van der Waals surface area contributed by atoms with Gasteiger partial charge in [-0.1, -0.05) is 50.2 Å². The molecule has 1 atom stereocenters. The van der Waals surface area contributed by atoms with Gasteiger partial charge in [0.25, 0.3) is 0 Å². The first-order valence-electron chi connectivity index (χ1n) is 10.2. The van der Waals surface area contributed by atoms with Gasteiger partial charge in [-0.15, -0.1) is 0 Å². The van der Waals surface area contributed by atoms with Crippen molar-refractivity contribution < 1.29 is 19.1 Å². The van der Waals surface area contributed by atoms with E-state index in [1.807, 2.05) is 62.4 Å². The SMILES string of the molecule is CC(C)C(NC(=O)NCc1ccccc1)C(=O)N(C)Cc1ccc2c(c1)OCCO2. The van der Waals surface area contributed by atoms with Crippen LogP contribution in [0.1, 0.15) is 25.0 Å². The molecule has 2 aromatic rings. The van der Waals surface area contributed by atoms with Gasteiger partial charge < -0.3 is 25.0 Å². The predicted octanol–water partition coefficient (Wildman–Crippen LogP) is 2.94.